The number of hydrogen-bond acceptors (Lipinski definition) is 5. The fraction of sp³-hybridized carbons (Fsp3) is 0.600. The molecule has 0 bridgehead atoms. The fourth-order valence-corrected chi connectivity index (χ4v) is 2.60. The molecule has 1 N–H and O–H groups in total. The third-order valence-corrected chi connectivity index (χ3v) is 4.05. The second-order valence-corrected chi connectivity index (χ2v) is 6.06. The molecule has 1 amide bonds. The van der Waals surface area contributed by atoms with Gasteiger partial charge < -0.3 is 14.2 Å². The Labute approximate surface area is 134 Å². The van der Waals surface area contributed by atoms with E-state index in [2.05, 4.69) is 20.2 Å². The van der Waals surface area contributed by atoms with Crippen LogP contribution in [0.2, 0.25) is 0 Å². The van der Waals surface area contributed by atoms with Crippen molar-refractivity contribution >= 4 is 5.91 Å². The van der Waals surface area contributed by atoms with Crippen LogP contribution >= 0.6 is 0 Å². The Bertz CT molecular complexity index is 651. The van der Waals surface area contributed by atoms with E-state index < -0.39 is 0 Å². The van der Waals surface area contributed by atoms with Crippen LogP contribution in [0.25, 0.3) is 0 Å². The van der Waals surface area contributed by atoms with Gasteiger partial charge in [-0.15, -0.1) is 0 Å². The number of nitrogens with one attached hydrogen (secondary N) is 1. The van der Waals surface area contributed by atoms with Crippen LogP contribution in [0.4, 0.5) is 0 Å². The smallest absolute Gasteiger partial charge is 0.245 e. The summed E-state index contributed by atoms with van der Waals surface area (Å²) in [6.07, 6.45) is 4.87. The topological polar surface area (TPSA) is 88.9 Å². The molecule has 0 saturated carbocycles. The van der Waals surface area contributed by atoms with Crippen LogP contribution < -0.4 is 0 Å². The van der Waals surface area contributed by atoms with E-state index in [1.807, 2.05) is 25.7 Å². The first-order valence-corrected chi connectivity index (χ1v) is 7.86. The highest BCUT2D eigenvalue weighted by molar-refractivity contribution is 5.80. The summed E-state index contributed by atoms with van der Waals surface area (Å²) in [4.78, 5) is 23.0. The van der Waals surface area contributed by atoms with Crippen LogP contribution in [-0.2, 0) is 9.53 Å². The van der Waals surface area contributed by atoms with Crippen molar-refractivity contribution in [1.29, 1.82) is 0 Å². The minimum Gasteiger partial charge on any atom is -0.367 e. The summed E-state index contributed by atoms with van der Waals surface area (Å²) in [7, 11) is 0. The van der Waals surface area contributed by atoms with Crippen LogP contribution in [0, 0.1) is 0 Å². The number of rotatable bonds is 4. The van der Waals surface area contributed by atoms with Gasteiger partial charge in [0.25, 0.3) is 0 Å². The molecule has 0 spiro atoms. The lowest BCUT2D eigenvalue weighted by atomic mass is 10.2. The van der Waals surface area contributed by atoms with E-state index in [1.54, 1.807) is 23.3 Å². The molecule has 8 nitrogen and oxygen atoms in total. The number of hydrogen-bond donors (Lipinski definition) is 1. The predicted octanol–water partition coefficient (Wildman–Crippen LogP) is 1.29. The van der Waals surface area contributed by atoms with Crippen molar-refractivity contribution in [1.82, 2.24) is 29.6 Å². The summed E-state index contributed by atoms with van der Waals surface area (Å²) >= 11 is 0. The van der Waals surface area contributed by atoms with E-state index in [0.29, 0.717) is 25.5 Å². The van der Waals surface area contributed by atoms with E-state index in [4.69, 9.17) is 4.74 Å². The largest absolute Gasteiger partial charge is 0.367 e. The van der Waals surface area contributed by atoms with Gasteiger partial charge in [0.1, 0.15) is 12.1 Å². The molecule has 2 aromatic heterocycles. The second-order valence-electron chi connectivity index (χ2n) is 6.06. The first kappa shape index (κ1) is 15.7. The maximum Gasteiger partial charge on any atom is 0.245 e. The summed E-state index contributed by atoms with van der Waals surface area (Å²) in [5, 5.41) is 7.14. The molecule has 1 aliphatic heterocycles. The molecule has 3 heterocycles. The molecular formula is C15H22N6O2. The van der Waals surface area contributed by atoms with Gasteiger partial charge in [0, 0.05) is 24.9 Å². The summed E-state index contributed by atoms with van der Waals surface area (Å²) in [6.45, 7) is 7.50. The summed E-state index contributed by atoms with van der Waals surface area (Å²) in [5.74, 6) is 1.75. The van der Waals surface area contributed by atoms with Gasteiger partial charge >= 0.3 is 0 Å². The predicted molar refractivity (Wildman–Crippen MR) is 82.7 cm³/mol. The fourth-order valence-electron chi connectivity index (χ4n) is 2.60. The van der Waals surface area contributed by atoms with Gasteiger partial charge in [0.2, 0.25) is 5.91 Å². The molecule has 3 rings (SSSR count). The molecule has 0 radical (unpaired) electrons. The van der Waals surface area contributed by atoms with Crippen molar-refractivity contribution in [3.8, 4) is 0 Å². The van der Waals surface area contributed by atoms with Crippen molar-refractivity contribution in [3.63, 3.8) is 0 Å². The monoisotopic (exact) mass is 318 g/mol. The number of imidazole rings is 1. The third kappa shape index (κ3) is 3.26. The lowest BCUT2D eigenvalue weighted by Gasteiger charge is -2.33. The lowest BCUT2D eigenvalue weighted by Crippen LogP contribution is -2.45. The average Bonchev–Trinajstić information content (AvgIpc) is 3.25. The van der Waals surface area contributed by atoms with E-state index in [0.717, 1.165) is 5.82 Å². The van der Waals surface area contributed by atoms with Crippen molar-refractivity contribution in [2.24, 2.45) is 0 Å². The Balaban J connectivity index is 1.69. The van der Waals surface area contributed by atoms with Crippen molar-refractivity contribution < 1.29 is 9.53 Å². The first-order chi connectivity index (χ1) is 11.1. The third-order valence-electron chi connectivity index (χ3n) is 4.05. The number of aromatic amines is 1. The van der Waals surface area contributed by atoms with Gasteiger partial charge in [-0.3, -0.25) is 9.89 Å². The molecule has 0 aliphatic carbocycles. The second kappa shape index (κ2) is 6.49. The quantitative estimate of drug-likeness (QED) is 0.917. The SMILES string of the molecule is CC(C)c1n[nH]c([C@H]2CN(C(=O)[C@H](C)n3ccnc3)CCO2)n1. The maximum absolute atomic E-state index is 12.7. The Morgan fingerprint density at radius 1 is 1.43 bits per heavy atom. The summed E-state index contributed by atoms with van der Waals surface area (Å²) in [5.41, 5.74) is 0. The number of aromatic nitrogens is 5. The molecule has 0 unspecified atom stereocenters. The molecule has 23 heavy (non-hydrogen) atoms. The minimum atomic E-state index is -0.280. The zero-order valence-electron chi connectivity index (χ0n) is 13.6. The number of H-pyrrole nitrogens is 1. The van der Waals surface area contributed by atoms with E-state index in [9.17, 15) is 4.79 Å². The van der Waals surface area contributed by atoms with Crippen LogP contribution in [0.3, 0.4) is 0 Å². The molecule has 0 aromatic carbocycles. The van der Waals surface area contributed by atoms with E-state index in [-0.39, 0.29) is 24.0 Å². The van der Waals surface area contributed by atoms with Crippen molar-refractivity contribution in [2.75, 3.05) is 19.7 Å². The Morgan fingerprint density at radius 2 is 2.26 bits per heavy atom. The number of nitrogens with zero attached hydrogens (tertiary/aromatic N) is 5. The van der Waals surface area contributed by atoms with Gasteiger partial charge in [-0.2, -0.15) is 5.10 Å². The van der Waals surface area contributed by atoms with Gasteiger partial charge in [-0.25, -0.2) is 9.97 Å². The van der Waals surface area contributed by atoms with Crippen molar-refractivity contribution in [3.05, 3.63) is 30.4 Å². The van der Waals surface area contributed by atoms with E-state index >= 15 is 0 Å². The molecular weight excluding hydrogens is 296 g/mol. The number of amides is 1. The van der Waals surface area contributed by atoms with Crippen LogP contribution in [0.15, 0.2) is 18.7 Å². The van der Waals surface area contributed by atoms with Gasteiger partial charge in [0.05, 0.1) is 19.5 Å². The minimum absolute atomic E-state index is 0.0555. The van der Waals surface area contributed by atoms with Gasteiger partial charge in [-0.1, -0.05) is 13.8 Å². The number of ether oxygens (including phenoxy) is 1. The highest BCUT2D eigenvalue weighted by Gasteiger charge is 2.30. The molecule has 2 atom stereocenters. The molecule has 1 aliphatic rings. The number of carbonyl (C=O) groups excluding carboxylic acids is 1. The maximum atomic E-state index is 12.7. The van der Waals surface area contributed by atoms with Crippen molar-refractivity contribution in [2.45, 2.75) is 38.8 Å². The molecule has 1 fully saturated rings. The normalized spacial score (nSPS) is 20.0. The molecule has 124 valence electrons. The Hall–Kier alpha value is -2.22. The van der Waals surface area contributed by atoms with Gasteiger partial charge in [-0.05, 0) is 6.92 Å². The lowest BCUT2D eigenvalue weighted by molar-refractivity contribution is -0.142. The Morgan fingerprint density at radius 3 is 2.91 bits per heavy atom. The molecule has 2 aromatic rings. The zero-order valence-corrected chi connectivity index (χ0v) is 13.6. The van der Waals surface area contributed by atoms with Crippen LogP contribution in [0.5, 0.6) is 0 Å². The summed E-state index contributed by atoms with van der Waals surface area (Å²) in [6, 6.07) is -0.280. The molecule has 8 heteroatoms. The highest BCUT2D eigenvalue weighted by atomic mass is 16.5. The van der Waals surface area contributed by atoms with Crippen LogP contribution in [-0.4, -0.2) is 55.2 Å². The van der Waals surface area contributed by atoms with Gasteiger partial charge in [0.15, 0.2) is 11.6 Å². The highest BCUT2D eigenvalue weighted by Crippen LogP contribution is 2.22. The van der Waals surface area contributed by atoms with E-state index in [1.165, 1.54) is 0 Å². The standard InChI is InChI=1S/C15H22N6O2/c1-10(2)13-17-14(19-18-13)12-8-20(6-7-23-12)15(22)11(3)21-5-4-16-9-21/h4-5,9-12H,6-8H2,1-3H3,(H,17,18,19)/t11-,12+/m0/s1. The average molecular weight is 318 g/mol. The Kier molecular flexibility index (Phi) is 4.42. The number of morpholine rings is 1. The van der Waals surface area contributed by atoms with Crippen LogP contribution in [0.1, 0.15) is 50.5 Å². The molecule has 1 saturated heterocycles. The zero-order chi connectivity index (χ0) is 16.4. The first-order valence-electron chi connectivity index (χ1n) is 7.86. The number of carbonyl (C=O) groups is 1. The summed E-state index contributed by atoms with van der Waals surface area (Å²) < 4.78 is 7.56.